The van der Waals surface area contributed by atoms with Crippen LogP contribution in [0, 0.1) is 0 Å². The fraction of sp³-hybridized carbons (Fsp3) is 0.375. The lowest BCUT2D eigenvalue weighted by atomic mass is 10.2. The zero-order chi connectivity index (χ0) is 11.6. The van der Waals surface area contributed by atoms with E-state index in [1.165, 1.54) is 0 Å². The smallest absolute Gasteiger partial charge is 0.320 e. The molecular formula is C8H9NO5S. The highest BCUT2D eigenvalue weighted by Gasteiger charge is 2.20. The Morgan fingerprint density at radius 1 is 1.40 bits per heavy atom. The summed E-state index contributed by atoms with van der Waals surface area (Å²) in [6.45, 7) is 0. The van der Waals surface area contributed by atoms with Gasteiger partial charge in [-0.3, -0.25) is 14.4 Å². The number of hydrogen-bond acceptors (Lipinski definition) is 6. The second-order valence-electron chi connectivity index (χ2n) is 2.92. The molecule has 0 radical (unpaired) electrons. The highest BCUT2D eigenvalue weighted by molar-refractivity contribution is 7.99. The number of carbonyl (C=O) groups is 1. The summed E-state index contributed by atoms with van der Waals surface area (Å²) in [5.41, 5.74) is 3.61. The van der Waals surface area contributed by atoms with Crippen molar-refractivity contribution in [1.82, 2.24) is 0 Å². The molecule has 1 aromatic carbocycles. The minimum absolute atomic E-state index is 0.00223. The molecule has 1 aromatic rings. The molecule has 0 saturated heterocycles. The van der Waals surface area contributed by atoms with Gasteiger partial charge in [0.05, 0.1) is 0 Å². The number of carboxylic acids is 1. The van der Waals surface area contributed by atoms with Crippen molar-refractivity contribution in [2.75, 3.05) is 5.75 Å². The topological polar surface area (TPSA) is 118 Å². The van der Waals surface area contributed by atoms with Crippen molar-refractivity contribution >= 4 is 17.7 Å². The Morgan fingerprint density at radius 2 is 2.00 bits per heavy atom. The van der Waals surface area contributed by atoms with E-state index in [9.17, 15) is 14.4 Å². The zero-order valence-electron chi connectivity index (χ0n) is 7.60. The first-order valence-electron chi connectivity index (χ1n) is 4.08. The first-order chi connectivity index (χ1) is 6.95. The highest BCUT2D eigenvalue weighted by atomic mass is 32.2. The number of hydrogen-bond donors (Lipinski definition) is 3. The van der Waals surface area contributed by atoms with E-state index in [2.05, 4.69) is 0 Å². The molecule has 6 nitrogen and oxygen atoms in total. The third-order valence-corrected chi connectivity index (χ3v) is 2.94. The predicted octanol–water partition coefficient (Wildman–Crippen LogP) is -1.12. The Hall–Kier alpha value is -1.34. The van der Waals surface area contributed by atoms with E-state index >= 15 is 0 Å². The molecule has 4 N–H and O–H groups in total. The Labute approximate surface area is 88.4 Å². The van der Waals surface area contributed by atoms with Crippen LogP contribution in [0.1, 0.15) is 6.42 Å². The van der Waals surface area contributed by atoms with Crippen molar-refractivity contribution in [1.29, 1.82) is 0 Å². The van der Waals surface area contributed by atoms with Gasteiger partial charge in [0.25, 0.3) is 5.43 Å². The van der Waals surface area contributed by atoms with Gasteiger partial charge in [-0.2, -0.15) is 0 Å². The maximum atomic E-state index is 10.8. The first kappa shape index (κ1) is 11.7. The Kier molecular flexibility index (Phi) is 3.48. The van der Waals surface area contributed by atoms with Crippen LogP contribution in [-0.2, 0) is 4.79 Å². The van der Waals surface area contributed by atoms with Gasteiger partial charge < -0.3 is 15.9 Å². The number of nitrogens with two attached hydrogens (primary N) is 1. The molecule has 0 aliphatic carbocycles. The lowest BCUT2D eigenvalue weighted by molar-refractivity contribution is -0.138. The van der Waals surface area contributed by atoms with Crippen LogP contribution in [0.2, 0.25) is 0 Å². The molecule has 0 aliphatic heterocycles. The molecule has 0 heterocycles. The minimum Gasteiger partial charge on any atom is -0.503 e. The summed E-state index contributed by atoms with van der Waals surface area (Å²) in [5.74, 6) is -1.38. The SMILES string of the molecule is NC(CCSc1c(O)c(=O)c1=O)C(=O)O. The van der Waals surface area contributed by atoms with Gasteiger partial charge in [-0.25, -0.2) is 0 Å². The molecule has 0 saturated carbocycles. The van der Waals surface area contributed by atoms with Crippen molar-refractivity contribution in [3.8, 4) is 5.75 Å². The average Bonchev–Trinajstić information content (AvgIpc) is 2.22. The summed E-state index contributed by atoms with van der Waals surface area (Å²) in [7, 11) is 0. The quantitative estimate of drug-likeness (QED) is 0.434. The van der Waals surface area contributed by atoms with Crippen LogP contribution in [0.5, 0.6) is 5.75 Å². The van der Waals surface area contributed by atoms with Crippen molar-refractivity contribution < 1.29 is 15.0 Å². The second-order valence-corrected chi connectivity index (χ2v) is 4.02. The van der Waals surface area contributed by atoms with E-state index in [4.69, 9.17) is 15.9 Å². The monoisotopic (exact) mass is 231 g/mol. The molecule has 0 amide bonds. The molecule has 0 fully saturated rings. The number of aliphatic carboxylic acids is 1. The molecule has 7 heteroatoms. The molecule has 1 rings (SSSR count). The third kappa shape index (κ3) is 2.37. The van der Waals surface area contributed by atoms with E-state index < -0.39 is 28.6 Å². The van der Waals surface area contributed by atoms with Crippen molar-refractivity contribution in [2.24, 2.45) is 5.73 Å². The summed E-state index contributed by atoms with van der Waals surface area (Å²) >= 11 is 0.945. The van der Waals surface area contributed by atoms with Crippen LogP contribution in [0.25, 0.3) is 0 Å². The number of thioether (sulfide) groups is 1. The average molecular weight is 231 g/mol. The molecule has 0 spiro atoms. The molecule has 0 bridgehead atoms. The van der Waals surface area contributed by atoms with Gasteiger partial charge in [0.15, 0.2) is 5.75 Å². The van der Waals surface area contributed by atoms with Gasteiger partial charge in [0.2, 0.25) is 5.43 Å². The van der Waals surface area contributed by atoms with E-state index in [0.717, 1.165) is 11.8 Å². The Morgan fingerprint density at radius 3 is 2.47 bits per heavy atom. The third-order valence-electron chi connectivity index (χ3n) is 1.84. The van der Waals surface area contributed by atoms with Crippen LogP contribution in [-0.4, -0.2) is 28.0 Å². The molecule has 82 valence electrons. The van der Waals surface area contributed by atoms with Crippen molar-refractivity contribution in [3.63, 3.8) is 0 Å². The number of aromatic hydroxyl groups is 1. The molecule has 15 heavy (non-hydrogen) atoms. The summed E-state index contributed by atoms with van der Waals surface area (Å²) in [6.07, 6.45) is 0.165. The molecule has 0 aliphatic rings. The van der Waals surface area contributed by atoms with Gasteiger partial charge in [-0.15, -0.1) is 11.8 Å². The van der Waals surface area contributed by atoms with Crippen LogP contribution < -0.4 is 16.6 Å². The molecule has 1 unspecified atom stereocenters. The lowest BCUT2D eigenvalue weighted by Gasteiger charge is -2.07. The Bertz CT molecular complexity index is 448. The fourth-order valence-electron chi connectivity index (χ4n) is 0.904. The predicted molar refractivity (Wildman–Crippen MR) is 54.0 cm³/mol. The molecule has 0 aromatic heterocycles. The van der Waals surface area contributed by atoms with Gasteiger partial charge in [-0.1, -0.05) is 0 Å². The summed E-state index contributed by atoms with van der Waals surface area (Å²) < 4.78 is 0. The summed E-state index contributed by atoms with van der Waals surface area (Å²) in [6, 6.07) is -0.994. The van der Waals surface area contributed by atoms with E-state index in [0.29, 0.717) is 0 Å². The van der Waals surface area contributed by atoms with Crippen LogP contribution in [0.3, 0.4) is 0 Å². The maximum Gasteiger partial charge on any atom is 0.320 e. The van der Waals surface area contributed by atoms with Crippen LogP contribution >= 0.6 is 11.8 Å². The fourth-order valence-corrected chi connectivity index (χ4v) is 1.93. The Balaban J connectivity index is 2.43. The normalized spacial score (nSPS) is 12.9. The second kappa shape index (κ2) is 4.45. The van der Waals surface area contributed by atoms with Crippen LogP contribution in [0.4, 0.5) is 0 Å². The standard InChI is InChI=1S/C8H9NO5S/c9-3(8(13)14)1-2-15-7-5(11)4(10)6(7)12/h3,11H,1-2,9H2,(H,13,14). The largest absolute Gasteiger partial charge is 0.503 e. The van der Waals surface area contributed by atoms with Crippen molar-refractivity contribution in [2.45, 2.75) is 17.4 Å². The maximum absolute atomic E-state index is 10.8. The van der Waals surface area contributed by atoms with Gasteiger partial charge in [0.1, 0.15) is 10.9 Å². The van der Waals surface area contributed by atoms with E-state index in [-0.39, 0.29) is 17.1 Å². The van der Waals surface area contributed by atoms with E-state index in [1.807, 2.05) is 0 Å². The minimum atomic E-state index is -1.12. The summed E-state index contributed by atoms with van der Waals surface area (Å²) in [5, 5.41) is 17.4. The summed E-state index contributed by atoms with van der Waals surface area (Å²) in [4.78, 5) is 31.8. The van der Waals surface area contributed by atoms with Gasteiger partial charge in [-0.05, 0) is 6.42 Å². The zero-order valence-corrected chi connectivity index (χ0v) is 8.41. The lowest BCUT2D eigenvalue weighted by Crippen LogP contribution is -2.33. The van der Waals surface area contributed by atoms with Crippen LogP contribution in [0.15, 0.2) is 14.5 Å². The molecular weight excluding hydrogens is 222 g/mol. The highest BCUT2D eigenvalue weighted by Crippen LogP contribution is 2.23. The first-order valence-corrected chi connectivity index (χ1v) is 5.07. The number of rotatable bonds is 5. The van der Waals surface area contributed by atoms with Crippen molar-refractivity contribution in [3.05, 3.63) is 20.4 Å². The van der Waals surface area contributed by atoms with Gasteiger partial charge >= 0.3 is 5.97 Å². The van der Waals surface area contributed by atoms with Gasteiger partial charge in [0, 0.05) is 5.75 Å². The van der Waals surface area contributed by atoms with E-state index in [1.54, 1.807) is 0 Å². The number of carboxylic acid groups (broad SMARTS) is 1. The molecule has 1 atom stereocenters.